The molecule has 0 amide bonds. The monoisotopic (exact) mass is 233 g/mol. The minimum Gasteiger partial charge on any atom is -0.380 e. The highest BCUT2D eigenvalue weighted by Crippen LogP contribution is 2.17. The Labute approximate surface area is 102 Å². The van der Waals surface area contributed by atoms with E-state index >= 15 is 0 Å². The highest BCUT2D eigenvalue weighted by Gasteiger charge is 2.24. The molecule has 0 aliphatic carbocycles. The predicted molar refractivity (Wildman–Crippen MR) is 68.3 cm³/mol. The van der Waals surface area contributed by atoms with Gasteiger partial charge in [-0.05, 0) is 19.1 Å². The summed E-state index contributed by atoms with van der Waals surface area (Å²) >= 11 is 0. The molecule has 1 aliphatic rings. The second-order valence-corrected chi connectivity index (χ2v) is 4.36. The van der Waals surface area contributed by atoms with E-state index in [0.29, 0.717) is 25.4 Å². The quantitative estimate of drug-likeness (QED) is 0.797. The predicted octanol–water partition coefficient (Wildman–Crippen LogP) is 2.12. The van der Waals surface area contributed by atoms with Crippen molar-refractivity contribution >= 4 is 11.5 Å². The summed E-state index contributed by atoms with van der Waals surface area (Å²) in [5.74, 6) is 0.370. The zero-order valence-corrected chi connectivity index (χ0v) is 10.3. The third-order valence-corrected chi connectivity index (χ3v) is 3.21. The van der Waals surface area contributed by atoms with Crippen LogP contribution in [0.2, 0.25) is 0 Å². The summed E-state index contributed by atoms with van der Waals surface area (Å²) in [6, 6.07) is 10.2. The van der Waals surface area contributed by atoms with Crippen molar-refractivity contribution in [2.45, 2.75) is 13.3 Å². The zero-order chi connectivity index (χ0) is 12.1. The minimum absolute atomic E-state index is 0.0314. The van der Waals surface area contributed by atoms with Crippen LogP contribution >= 0.6 is 0 Å². The molecule has 17 heavy (non-hydrogen) atoms. The van der Waals surface area contributed by atoms with Gasteiger partial charge in [-0.3, -0.25) is 4.79 Å². The number of ketones is 1. The fraction of sp³-hybridized carbons (Fsp3) is 0.500. The number of Topliss-reactive ketones (excluding diaryl/α,β-unsaturated/α-hetero) is 1. The standard InChI is InChI=1S/C14H19NO2/c1-2-15(13-6-4-3-5-7-13)10-12-11-17-9-8-14(12)16/h3-7,12H,2,8-11H2,1H3. The van der Waals surface area contributed by atoms with Crippen LogP contribution in [0.3, 0.4) is 0 Å². The lowest BCUT2D eigenvalue weighted by atomic mass is 10.00. The molecule has 1 atom stereocenters. The van der Waals surface area contributed by atoms with Crippen molar-refractivity contribution in [2.24, 2.45) is 5.92 Å². The van der Waals surface area contributed by atoms with E-state index in [9.17, 15) is 4.79 Å². The molecule has 3 nitrogen and oxygen atoms in total. The summed E-state index contributed by atoms with van der Waals surface area (Å²) < 4.78 is 5.39. The molecule has 0 radical (unpaired) electrons. The SMILES string of the molecule is CCN(CC1COCCC1=O)c1ccccc1. The summed E-state index contributed by atoms with van der Waals surface area (Å²) in [7, 11) is 0. The molecule has 92 valence electrons. The summed E-state index contributed by atoms with van der Waals surface area (Å²) in [6.45, 7) is 4.95. The topological polar surface area (TPSA) is 29.5 Å². The number of para-hydroxylation sites is 1. The van der Waals surface area contributed by atoms with Crippen LogP contribution in [-0.2, 0) is 9.53 Å². The maximum atomic E-state index is 11.8. The third-order valence-electron chi connectivity index (χ3n) is 3.21. The molecule has 3 heteroatoms. The number of carbonyl (C=O) groups is 1. The van der Waals surface area contributed by atoms with E-state index in [4.69, 9.17) is 4.74 Å². The van der Waals surface area contributed by atoms with Gasteiger partial charge in [0.15, 0.2) is 0 Å². The fourth-order valence-corrected chi connectivity index (χ4v) is 2.17. The smallest absolute Gasteiger partial charge is 0.142 e. The Kier molecular flexibility index (Phi) is 4.15. The van der Waals surface area contributed by atoms with Crippen molar-refractivity contribution in [3.63, 3.8) is 0 Å². The van der Waals surface area contributed by atoms with E-state index in [1.54, 1.807) is 0 Å². The van der Waals surface area contributed by atoms with Crippen LogP contribution in [0.1, 0.15) is 13.3 Å². The van der Waals surface area contributed by atoms with Crippen LogP contribution in [0, 0.1) is 5.92 Å². The third kappa shape index (κ3) is 3.07. The zero-order valence-electron chi connectivity index (χ0n) is 10.3. The van der Waals surface area contributed by atoms with Crippen molar-refractivity contribution in [1.82, 2.24) is 0 Å². The van der Waals surface area contributed by atoms with Gasteiger partial charge in [-0.2, -0.15) is 0 Å². The normalized spacial score (nSPS) is 20.3. The molecule has 1 unspecified atom stereocenters. The average Bonchev–Trinajstić information content (AvgIpc) is 2.39. The molecular weight excluding hydrogens is 214 g/mol. The Bertz CT molecular complexity index is 364. The van der Waals surface area contributed by atoms with Crippen LogP contribution in [0.25, 0.3) is 0 Å². The van der Waals surface area contributed by atoms with Gasteiger partial charge in [0.2, 0.25) is 0 Å². The van der Waals surface area contributed by atoms with Gasteiger partial charge in [0, 0.05) is 25.2 Å². The lowest BCUT2D eigenvalue weighted by Gasteiger charge is -2.29. The summed E-state index contributed by atoms with van der Waals surface area (Å²) in [6.07, 6.45) is 0.566. The van der Waals surface area contributed by atoms with E-state index in [2.05, 4.69) is 24.0 Å². The number of ether oxygens (including phenoxy) is 1. The largest absolute Gasteiger partial charge is 0.380 e. The molecule has 0 N–H and O–H groups in total. The van der Waals surface area contributed by atoms with E-state index in [0.717, 1.165) is 13.1 Å². The molecule has 1 aliphatic heterocycles. The van der Waals surface area contributed by atoms with Gasteiger partial charge in [0.05, 0.1) is 19.1 Å². The van der Waals surface area contributed by atoms with Crippen LogP contribution in [0.5, 0.6) is 0 Å². The highest BCUT2D eigenvalue weighted by molar-refractivity contribution is 5.82. The van der Waals surface area contributed by atoms with Crippen molar-refractivity contribution in [1.29, 1.82) is 0 Å². The maximum absolute atomic E-state index is 11.8. The van der Waals surface area contributed by atoms with Crippen molar-refractivity contribution in [3.05, 3.63) is 30.3 Å². The minimum atomic E-state index is 0.0314. The fourth-order valence-electron chi connectivity index (χ4n) is 2.17. The molecule has 0 aromatic heterocycles. The average molecular weight is 233 g/mol. The first kappa shape index (κ1) is 12.1. The molecule has 1 aromatic carbocycles. The Morgan fingerprint density at radius 3 is 2.76 bits per heavy atom. The van der Waals surface area contributed by atoms with E-state index < -0.39 is 0 Å². The lowest BCUT2D eigenvalue weighted by Crippen LogP contribution is -2.38. The highest BCUT2D eigenvalue weighted by atomic mass is 16.5. The second-order valence-electron chi connectivity index (χ2n) is 4.36. The molecule has 1 saturated heterocycles. The number of hydrogen-bond acceptors (Lipinski definition) is 3. The number of hydrogen-bond donors (Lipinski definition) is 0. The number of carbonyl (C=O) groups excluding carboxylic acids is 1. The summed E-state index contributed by atoms with van der Waals surface area (Å²) in [5.41, 5.74) is 1.17. The molecule has 1 heterocycles. The number of benzene rings is 1. The van der Waals surface area contributed by atoms with Crippen LogP contribution in [-0.4, -0.2) is 32.1 Å². The molecule has 2 rings (SSSR count). The van der Waals surface area contributed by atoms with E-state index in [1.165, 1.54) is 5.69 Å². The Morgan fingerprint density at radius 1 is 1.35 bits per heavy atom. The number of rotatable bonds is 4. The van der Waals surface area contributed by atoms with Crippen LogP contribution in [0.15, 0.2) is 30.3 Å². The van der Waals surface area contributed by atoms with E-state index in [1.807, 2.05) is 18.2 Å². The maximum Gasteiger partial charge on any atom is 0.142 e. The Morgan fingerprint density at radius 2 is 2.12 bits per heavy atom. The van der Waals surface area contributed by atoms with Gasteiger partial charge in [-0.25, -0.2) is 0 Å². The second kappa shape index (κ2) is 5.82. The van der Waals surface area contributed by atoms with Gasteiger partial charge >= 0.3 is 0 Å². The summed E-state index contributed by atoms with van der Waals surface area (Å²) in [5, 5.41) is 0. The Hall–Kier alpha value is -1.35. The molecule has 0 bridgehead atoms. The van der Waals surface area contributed by atoms with Crippen LogP contribution < -0.4 is 4.90 Å². The first-order valence-electron chi connectivity index (χ1n) is 6.21. The number of nitrogens with zero attached hydrogens (tertiary/aromatic N) is 1. The first-order valence-corrected chi connectivity index (χ1v) is 6.21. The van der Waals surface area contributed by atoms with Gasteiger partial charge in [-0.15, -0.1) is 0 Å². The molecule has 1 aromatic rings. The van der Waals surface area contributed by atoms with Crippen LogP contribution in [0.4, 0.5) is 5.69 Å². The van der Waals surface area contributed by atoms with Gasteiger partial charge < -0.3 is 9.64 Å². The first-order chi connectivity index (χ1) is 8.31. The molecule has 0 spiro atoms. The molecule has 0 saturated carbocycles. The lowest BCUT2D eigenvalue weighted by molar-refractivity contribution is -0.129. The van der Waals surface area contributed by atoms with Crippen molar-refractivity contribution in [2.75, 3.05) is 31.2 Å². The number of anilines is 1. The molecular formula is C14H19NO2. The molecule has 1 fully saturated rings. The van der Waals surface area contributed by atoms with Crippen molar-refractivity contribution in [3.8, 4) is 0 Å². The summed E-state index contributed by atoms with van der Waals surface area (Å²) in [4.78, 5) is 14.0. The Balaban J connectivity index is 2.02. The van der Waals surface area contributed by atoms with Gasteiger partial charge in [-0.1, -0.05) is 18.2 Å². The van der Waals surface area contributed by atoms with Gasteiger partial charge in [0.1, 0.15) is 5.78 Å². The van der Waals surface area contributed by atoms with E-state index in [-0.39, 0.29) is 5.92 Å². The van der Waals surface area contributed by atoms with Gasteiger partial charge in [0.25, 0.3) is 0 Å². The van der Waals surface area contributed by atoms with Crippen molar-refractivity contribution < 1.29 is 9.53 Å².